The number of hydrogen-bond acceptors (Lipinski definition) is 2. The van der Waals surface area contributed by atoms with Gasteiger partial charge >= 0.3 is 0 Å². The zero-order valence-electron chi connectivity index (χ0n) is 34.9. The van der Waals surface area contributed by atoms with Crippen LogP contribution in [0.25, 0.3) is 103 Å². The Bertz CT molecular complexity index is 3450. The lowest BCUT2D eigenvalue weighted by molar-refractivity contribution is 0.915. The highest BCUT2D eigenvalue weighted by Gasteiger charge is 2.22. The van der Waals surface area contributed by atoms with Crippen molar-refractivity contribution in [2.75, 3.05) is 13.6 Å². The van der Waals surface area contributed by atoms with Gasteiger partial charge in [0.25, 0.3) is 0 Å². The summed E-state index contributed by atoms with van der Waals surface area (Å²) in [5, 5.41) is 30.9. The van der Waals surface area contributed by atoms with Crippen molar-refractivity contribution in [1.82, 2.24) is 5.32 Å². The van der Waals surface area contributed by atoms with E-state index in [9.17, 15) is 5.26 Å². The Kier molecular flexibility index (Phi) is 9.97. The molecule has 10 aromatic carbocycles. The van der Waals surface area contributed by atoms with E-state index in [1.54, 1.807) is 0 Å². The van der Waals surface area contributed by atoms with Gasteiger partial charge in [-0.3, -0.25) is 0 Å². The lowest BCUT2D eigenvalue weighted by Gasteiger charge is -2.23. The molecular weight excluding hydrogens is 737 g/mol. The fourth-order valence-corrected chi connectivity index (χ4v) is 9.85. The number of nitriles is 1. The molecule has 0 unspecified atom stereocenters. The molecule has 0 spiro atoms. The molecule has 10 aromatic rings. The van der Waals surface area contributed by atoms with Crippen molar-refractivity contribution in [1.29, 1.82) is 5.26 Å². The Morgan fingerprint density at radius 1 is 0.492 bits per heavy atom. The van der Waals surface area contributed by atoms with Crippen LogP contribution in [0.3, 0.4) is 0 Å². The molecule has 2 heteroatoms. The van der Waals surface area contributed by atoms with Crippen LogP contribution in [0.1, 0.15) is 32.3 Å². The standard InChI is InChI=1S/C57H40N2.C2H6/c1-59-31-30-40(37-24-22-36(35-58)23-25-37)56-34-53(38-26-28-50-45-16-4-2-12-41(45)43-14-6-8-18-47(43)54(50)32-38)49-20-10-11-21-52(49)57(56)39-27-29-51-46-17-5-3-13-42(46)44-15-7-9-19-48(44)55(51)33-39;1-2/h2-22,24,26-30,32-34,59H,23,25,31H2,1H3;1-2H3/b40-30-;. The summed E-state index contributed by atoms with van der Waals surface area (Å²) in [7, 11) is 2.01. The molecule has 0 atom stereocenters. The number of nitrogens with zero attached hydrogens (tertiary/aromatic N) is 1. The quantitative estimate of drug-likeness (QED) is 0.171. The third-order valence-electron chi connectivity index (χ3n) is 12.6. The molecule has 0 saturated carbocycles. The summed E-state index contributed by atoms with van der Waals surface area (Å²) in [5.74, 6) is 0. The summed E-state index contributed by atoms with van der Waals surface area (Å²) in [5.41, 5.74) is 9.27. The van der Waals surface area contributed by atoms with Gasteiger partial charge in [-0.1, -0.05) is 172 Å². The SMILES string of the molecule is CC.CNC/C=C(/C1=CC=C(C#N)CC1)c1cc(-c2ccc3c4ccccc4c4ccccc4c3c2)c2ccccc2c1-c1ccc2c3ccccc3c3ccccc3c2c1. The first-order valence-corrected chi connectivity index (χ1v) is 21.6. The van der Waals surface area contributed by atoms with E-state index in [4.69, 9.17) is 0 Å². The van der Waals surface area contributed by atoms with Gasteiger partial charge < -0.3 is 5.32 Å². The minimum absolute atomic E-state index is 0.715. The van der Waals surface area contributed by atoms with Crippen molar-refractivity contribution in [3.63, 3.8) is 0 Å². The van der Waals surface area contributed by atoms with Crippen molar-refractivity contribution in [2.45, 2.75) is 26.7 Å². The Labute approximate surface area is 357 Å². The number of fused-ring (bicyclic) bond motifs is 13. The maximum atomic E-state index is 9.80. The molecule has 292 valence electrons. The van der Waals surface area contributed by atoms with E-state index in [1.807, 2.05) is 27.0 Å². The van der Waals surface area contributed by atoms with Crippen molar-refractivity contribution < 1.29 is 0 Å². The fourth-order valence-electron chi connectivity index (χ4n) is 9.85. The predicted molar refractivity (Wildman–Crippen MR) is 264 cm³/mol. The monoisotopic (exact) mass is 782 g/mol. The van der Waals surface area contributed by atoms with Crippen molar-refractivity contribution >= 4 is 81.0 Å². The third-order valence-corrected chi connectivity index (χ3v) is 12.6. The zero-order valence-corrected chi connectivity index (χ0v) is 34.9. The average molecular weight is 783 g/mol. The molecule has 11 rings (SSSR count). The molecule has 0 aromatic heterocycles. The van der Waals surface area contributed by atoms with E-state index in [-0.39, 0.29) is 0 Å². The van der Waals surface area contributed by atoms with Crippen LogP contribution in [-0.2, 0) is 0 Å². The van der Waals surface area contributed by atoms with Gasteiger partial charge in [-0.15, -0.1) is 0 Å². The molecule has 0 aliphatic heterocycles. The van der Waals surface area contributed by atoms with E-state index in [0.717, 1.165) is 18.4 Å². The topological polar surface area (TPSA) is 35.8 Å². The number of rotatable bonds is 6. The summed E-state index contributed by atoms with van der Waals surface area (Å²) >= 11 is 0. The van der Waals surface area contributed by atoms with Gasteiger partial charge in [-0.25, -0.2) is 0 Å². The molecule has 1 N–H and O–H groups in total. The number of likely N-dealkylation sites (N-methyl/N-ethyl adjacent to an activating group) is 1. The molecular formula is C59H46N2. The highest BCUT2D eigenvalue weighted by molar-refractivity contribution is 6.27. The fraction of sp³-hybridized carbons (Fsp3) is 0.102. The molecule has 0 amide bonds. The summed E-state index contributed by atoms with van der Waals surface area (Å²) < 4.78 is 0. The molecule has 1 aliphatic carbocycles. The second-order valence-corrected chi connectivity index (χ2v) is 15.8. The predicted octanol–water partition coefficient (Wildman–Crippen LogP) is 15.9. The van der Waals surface area contributed by atoms with Crippen LogP contribution in [0.4, 0.5) is 0 Å². The number of nitrogens with one attached hydrogen (secondary N) is 1. The van der Waals surface area contributed by atoms with Crippen LogP contribution in [-0.4, -0.2) is 13.6 Å². The van der Waals surface area contributed by atoms with Gasteiger partial charge in [0.15, 0.2) is 0 Å². The van der Waals surface area contributed by atoms with Crippen LogP contribution < -0.4 is 5.32 Å². The lowest BCUT2D eigenvalue weighted by atomic mass is 9.80. The molecule has 1 aliphatic rings. The van der Waals surface area contributed by atoms with E-state index in [0.29, 0.717) is 6.54 Å². The first-order chi connectivity index (χ1) is 30.2. The van der Waals surface area contributed by atoms with Gasteiger partial charge in [0, 0.05) is 12.1 Å². The molecule has 61 heavy (non-hydrogen) atoms. The molecule has 0 radical (unpaired) electrons. The highest BCUT2D eigenvalue weighted by Crippen LogP contribution is 2.47. The lowest BCUT2D eigenvalue weighted by Crippen LogP contribution is -2.07. The summed E-state index contributed by atoms with van der Waals surface area (Å²) in [6.07, 6.45) is 8.07. The Hall–Kier alpha value is -7.31. The average Bonchev–Trinajstić information content (AvgIpc) is 3.34. The minimum Gasteiger partial charge on any atom is -0.316 e. The number of allylic oxidation sites excluding steroid dienone is 5. The van der Waals surface area contributed by atoms with Crippen LogP contribution in [0.2, 0.25) is 0 Å². The Balaban J connectivity index is 0.00000220. The van der Waals surface area contributed by atoms with Crippen molar-refractivity contribution in [3.05, 3.63) is 199 Å². The summed E-state index contributed by atoms with van der Waals surface area (Å²) in [6.45, 7) is 4.71. The minimum atomic E-state index is 0.715. The first-order valence-electron chi connectivity index (χ1n) is 21.6. The van der Waals surface area contributed by atoms with E-state index < -0.39 is 0 Å². The first kappa shape index (κ1) is 37.9. The second kappa shape index (κ2) is 16.0. The second-order valence-electron chi connectivity index (χ2n) is 15.8. The third kappa shape index (κ3) is 6.38. The van der Waals surface area contributed by atoms with Gasteiger partial charge in [0.2, 0.25) is 0 Å². The van der Waals surface area contributed by atoms with Gasteiger partial charge in [-0.05, 0) is 159 Å². The van der Waals surface area contributed by atoms with Gasteiger partial charge in [-0.2, -0.15) is 5.26 Å². The zero-order chi connectivity index (χ0) is 41.5. The van der Waals surface area contributed by atoms with Crippen LogP contribution >= 0.6 is 0 Å². The molecule has 0 bridgehead atoms. The Morgan fingerprint density at radius 3 is 1.38 bits per heavy atom. The smallest absolute Gasteiger partial charge is 0.0947 e. The number of benzene rings is 10. The van der Waals surface area contributed by atoms with Crippen molar-refractivity contribution in [2.24, 2.45) is 0 Å². The van der Waals surface area contributed by atoms with Gasteiger partial charge in [0.05, 0.1) is 6.07 Å². The summed E-state index contributed by atoms with van der Waals surface area (Å²) in [4.78, 5) is 0. The van der Waals surface area contributed by atoms with Crippen LogP contribution in [0, 0.1) is 11.3 Å². The van der Waals surface area contributed by atoms with Crippen LogP contribution in [0.15, 0.2) is 193 Å². The Morgan fingerprint density at radius 2 is 0.918 bits per heavy atom. The van der Waals surface area contributed by atoms with Crippen molar-refractivity contribution in [3.8, 4) is 28.3 Å². The normalized spacial score (nSPS) is 13.1. The maximum Gasteiger partial charge on any atom is 0.0947 e. The maximum absolute atomic E-state index is 9.80. The number of hydrogen-bond donors (Lipinski definition) is 1. The molecule has 2 nitrogen and oxygen atoms in total. The van der Waals surface area contributed by atoms with E-state index >= 15 is 0 Å². The largest absolute Gasteiger partial charge is 0.316 e. The van der Waals surface area contributed by atoms with Crippen LogP contribution in [0.5, 0.6) is 0 Å². The molecule has 0 heterocycles. The van der Waals surface area contributed by atoms with E-state index in [2.05, 4.69) is 187 Å². The molecule has 0 fully saturated rings. The van der Waals surface area contributed by atoms with E-state index in [1.165, 1.54) is 114 Å². The molecule has 0 saturated heterocycles. The highest BCUT2D eigenvalue weighted by atomic mass is 14.8. The van der Waals surface area contributed by atoms with Gasteiger partial charge in [0.1, 0.15) is 0 Å². The summed E-state index contributed by atoms with van der Waals surface area (Å²) in [6, 6.07) is 63.2.